The molecule has 0 N–H and O–H groups in total. The molecule has 0 aromatic heterocycles. The van der Waals surface area contributed by atoms with Gasteiger partial charge in [0.05, 0.1) is 27.2 Å². The average Bonchev–Trinajstić information content (AvgIpc) is 2.83. The van der Waals surface area contributed by atoms with Crippen molar-refractivity contribution in [3.63, 3.8) is 0 Å². The molecule has 0 rings (SSSR count). The molecule has 220 valence electrons. The van der Waals surface area contributed by atoms with Crippen molar-refractivity contribution in [2.45, 2.75) is 149 Å². The molecule has 0 atom stereocenters. The maximum absolute atomic E-state index is 6.44. The Kier molecular flexibility index (Phi) is 28.8. The molecule has 0 aromatic rings. The van der Waals surface area contributed by atoms with Gasteiger partial charge in [0, 0.05) is 32.3 Å². The zero-order chi connectivity index (χ0) is 26.1. The maximum atomic E-state index is 6.44. The second-order valence-corrected chi connectivity index (χ2v) is 14.0. The predicted octanol–water partition coefficient (Wildman–Crippen LogP) is 6.16. The summed E-state index contributed by atoms with van der Waals surface area (Å²) in [5.74, 6) is 0. The van der Waals surface area contributed by atoms with E-state index in [1.807, 2.05) is 0 Å². The van der Waals surface area contributed by atoms with Crippen molar-refractivity contribution >= 4 is 8.80 Å². The van der Waals surface area contributed by atoms with Crippen LogP contribution in [0.2, 0.25) is 6.04 Å². The molecule has 0 amide bonds. The molecule has 0 aliphatic rings. The molecule has 0 radical (unpaired) electrons. The van der Waals surface area contributed by atoms with Crippen LogP contribution in [0.4, 0.5) is 0 Å². The number of quaternary nitrogens is 1. The molecule has 36 heavy (non-hydrogen) atoms. The Morgan fingerprint density at radius 2 is 0.778 bits per heavy atom. The van der Waals surface area contributed by atoms with E-state index in [4.69, 9.17) is 13.3 Å². The minimum absolute atomic E-state index is 0. The third kappa shape index (κ3) is 23.5. The quantitative estimate of drug-likeness (QED) is 0.0662. The Morgan fingerprint density at radius 3 is 1.17 bits per heavy atom. The fourth-order valence-corrected chi connectivity index (χ4v) is 7.14. The van der Waals surface area contributed by atoms with Gasteiger partial charge in [-0.15, -0.1) is 0 Å². The molecule has 0 unspecified atom stereocenters. The first-order valence-corrected chi connectivity index (χ1v) is 17.6. The lowest BCUT2D eigenvalue weighted by atomic mass is 10.1. The molecular weight excluding hydrogens is 486 g/mol. The standard InChI is InChI=1S/C30H66NO3Si.ClH/c1-7-11-15-16-17-18-19-20-21-22-23-25-31(5,6)26-24-30-35(32-27-12-8-2,33-28-13-9-3)34-29-14-10-4;/h7-30H2,1-6H3;1H/q+1;/p-1. The first-order valence-electron chi connectivity index (χ1n) is 15.7. The summed E-state index contributed by atoms with van der Waals surface area (Å²) < 4.78 is 20.4. The van der Waals surface area contributed by atoms with E-state index in [-0.39, 0.29) is 12.4 Å². The molecule has 4 nitrogen and oxygen atoms in total. The number of unbranched alkanes of at least 4 members (excludes halogenated alkanes) is 13. The lowest BCUT2D eigenvalue weighted by Crippen LogP contribution is -3.00. The SMILES string of the molecule is CCCCCCCCCCCCC[N+](C)(C)CCC[Si](OCCCC)(OCCCC)OCCCC.[Cl-]. The van der Waals surface area contributed by atoms with Crippen LogP contribution in [-0.2, 0) is 13.3 Å². The Morgan fingerprint density at radius 1 is 0.444 bits per heavy atom. The van der Waals surface area contributed by atoms with Gasteiger partial charge in [-0.25, -0.2) is 0 Å². The highest BCUT2D eigenvalue weighted by atomic mass is 35.5. The summed E-state index contributed by atoms with van der Waals surface area (Å²) in [6.45, 7) is 13.7. The van der Waals surface area contributed by atoms with Crippen molar-refractivity contribution in [3.8, 4) is 0 Å². The van der Waals surface area contributed by atoms with E-state index in [1.54, 1.807) is 0 Å². The normalized spacial score (nSPS) is 12.2. The lowest BCUT2D eigenvalue weighted by Gasteiger charge is -2.33. The highest BCUT2D eigenvalue weighted by Gasteiger charge is 2.41. The number of halogens is 1. The monoisotopic (exact) mass is 551 g/mol. The second kappa shape index (κ2) is 26.9. The molecule has 0 aromatic carbocycles. The van der Waals surface area contributed by atoms with E-state index in [2.05, 4.69) is 41.8 Å². The Hall–Kier alpha value is 0.347. The molecule has 0 heterocycles. The van der Waals surface area contributed by atoms with Gasteiger partial charge in [-0.3, -0.25) is 0 Å². The first-order chi connectivity index (χ1) is 16.9. The van der Waals surface area contributed by atoms with Crippen molar-refractivity contribution in [2.75, 3.05) is 47.0 Å². The van der Waals surface area contributed by atoms with Gasteiger partial charge >= 0.3 is 8.80 Å². The Labute approximate surface area is 235 Å². The third-order valence-electron chi connectivity index (χ3n) is 7.07. The van der Waals surface area contributed by atoms with Gasteiger partial charge < -0.3 is 30.2 Å². The molecule has 0 bridgehead atoms. The van der Waals surface area contributed by atoms with Crippen LogP contribution in [-0.4, -0.2) is 60.3 Å². The predicted molar refractivity (Wildman–Crippen MR) is 156 cm³/mol. The topological polar surface area (TPSA) is 27.7 Å². The van der Waals surface area contributed by atoms with Crippen molar-refractivity contribution in [1.82, 2.24) is 0 Å². The summed E-state index contributed by atoms with van der Waals surface area (Å²) in [6.07, 6.45) is 23.4. The van der Waals surface area contributed by atoms with E-state index in [1.165, 1.54) is 83.7 Å². The van der Waals surface area contributed by atoms with Crippen molar-refractivity contribution in [1.29, 1.82) is 0 Å². The van der Waals surface area contributed by atoms with Crippen molar-refractivity contribution in [2.24, 2.45) is 0 Å². The first kappa shape index (κ1) is 38.5. The zero-order valence-electron chi connectivity index (χ0n) is 25.5. The summed E-state index contributed by atoms with van der Waals surface area (Å²) in [7, 11) is 2.21. The van der Waals surface area contributed by atoms with Gasteiger partial charge in [-0.2, -0.15) is 0 Å². The highest BCUT2D eigenvalue weighted by Crippen LogP contribution is 2.22. The fraction of sp³-hybridized carbons (Fsp3) is 1.00. The molecule has 0 aliphatic heterocycles. The lowest BCUT2D eigenvalue weighted by molar-refractivity contribution is -0.890. The Bertz CT molecular complexity index is 414. The van der Waals surface area contributed by atoms with Crippen LogP contribution in [0.15, 0.2) is 0 Å². The smallest absolute Gasteiger partial charge is 0.501 e. The second-order valence-electron chi connectivity index (χ2n) is 11.3. The third-order valence-corrected chi connectivity index (χ3v) is 9.97. The summed E-state index contributed by atoms with van der Waals surface area (Å²) in [5, 5.41) is 0. The number of hydrogen-bond donors (Lipinski definition) is 0. The van der Waals surface area contributed by atoms with Gasteiger partial charge in [0.25, 0.3) is 0 Å². The number of nitrogens with zero attached hydrogens (tertiary/aromatic N) is 1. The molecule has 0 saturated carbocycles. The van der Waals surface area contributed by atoms with Crippen LogP contribution in [0.25, 0.3) is 0 Å². The summed E-state index contributed by atoms with van der Waals surface area (Å²) in [5.41, 5.74) is 0. The average molecular weight is 552 g/mol. The Balaban J connectivity index is 0. The van der Waals surface area contributed by atoms with Gasteiger partial charge in [-0.1, -0.05) is 105 Å². The van der Waals surface area contributed by atoms with Gasteiger partial charge in [0.15, 0.2) is 0 Å². The van der Waals surface area contributed by atoms with Gasteiger partial charge in [0.2, 0.25) is 0 Å². The molecule has 0 spiro atoms. The van der Waals surface area contributed by atoms with Crippen LogP contribution in [0.1, 0.15) is 143 Å². The van der Waals surface area contributed by atoms with Gasteiger partial charge in [-0.05, 0) is 32.1 Å². The maximum Gasteiger partial charge on any atom is 0.501 e. The molecular formula is C30H66ClNO3Si. The van der Waals surface area contributed by atoms with Crippen LogP contribution in [0.5, 0.6) is 0 Å². The van der Waals surface area contributed by atoms with E-state index in [0.717, 1.165) is 75.3 Å². The number of rotatable bonds is 28. The van der Waals surface area contributed by atoms with Crippen molar-refractivity contribution in [3.05, 3.63) is 0 Å². The van der Waals surface area contributed by atoms with Crippen molar-refractivity contribution < 1.29 is 30.2 Å². The minimum Gasteiger partial charge on any atom is -1.00 e. The van der Waals surface area contributed by atoms with E-state index >= 15 is 0 Å². The van der Waals surface area contributed by atoms with Gasteiger partial charge in [0.1, 0.15) is 0 Å². The molecule has 0 saturated heterocycles. The zero-order valence-corrected chi connectivity index (χ0v) is 27.3. The summed E-state index contributed by atoms with van der Waals surface area (Å²) in [6, 6.07) is 0.962. The minimum atomic E-state index is -2.58. The van der Waals surface area contributed by atoms with E-state index < -0.39 is 8.80 Å². The number of hydrogen-bond acceptors (Lipinski definition) is 3. The summed E-state index contributed by atoms with van der Waals surface area (Å²) >= 11 is 0. The molecule has 0 aliphatic carbocycles. The largest absolute Gasteiger partial charge is 1.00 e. The fourth-order valence-electron chi connectivity index (χ4n) is 4.50. The van der Waals surface area contributed by atoms with Crippen LogP contribution < -0.4 is 12.4 Å². The van der Waals surface area contributed by atoms with Crippen LogP contribution >= 0.6 is 0 Å². The van der Waals surface area contributed by atoms with Crippen LogP contribution in [0, 0.1) is 0 Å². The summed E-state index contributed by atoms with van der Waals surface area (Å²) in [4.78, 5) is 0. The molecule has 0 fully saturated rings. The van der Waals surface area contributed by atoms with E-state index in [0.29, 0.717) is 0 Å². The highest BCUT2D eigenvalue weighted by molar-refractivity contribution is 6.60. The van der Waals surface area contributed by atoms with Crippen LogP contribution in [0.3, 0.4) is 0 Å². The van der Waals surface area contributed by atoms with E-state index in [9.17, 15) is 0 Å². The molecule has 6 heteroatoms.